The molecule has 0 radical (unpaired) electrons. The van der Waals surface area contributed by atoms with Crippen molar-refractivity contribution in [3.63, 3.8) is 0 Å². The molecule has 1 N–H and O–H groups in total. The summed E-state index contributed by atoms with van der Waals surface area (Å²) < 4.78 is 0. The summed E-state index contributed by atoms with van der Waals surface area (Å²) in [6, 6.07) is 8.87. The van der Waals surface area contributed by atoms with E-state index in [2.05, 4.69) is 62.3 Å². The Labute approximate surface area is 116 Å². The van der Waals surface area contributed by atoms with Crippen LogP contribution in [0.4, 0.5) is 0 Å². The van der Waals surface area contributed by atoms with Gasteiger partial charge in [-0.25, -0.2) is 0 Å². The third kappa shape index (κ3) is 2.95. The number of fused-ring (bicyclic) bond motifs is 1. The normalized spacial score (nSPS) is 14.8. The van der Waals surface area contributed by atoms with Crippen molar-refractivity contribution in [2.45, 2.75) is 33.7 Å². The molecule has 2 aromatic rings. The Morgan fingerprint density at radius 2 is 1.84 bits per heavy atom. The van der Waals surface area contributed by atoms with E-state index in [1.54, 1.807) is 0 Å². The van der Waals surface area contributed by atoms with Gasteiger partial charge in [0.05, 0.1) is 0 Å². The van der Waals surface area contributed by atoms with E-state index in [-0.39, 0.29) is 0 Å². The molecule has 0 aliphatic heterocycles. The Balaban J connectivity index is 2.49. The molecule has 0 aliphatic rings. The van der Waals surface area contributed by atoms with Crippen molar-refractivity contribution in [3.05, 3.63) is 42.2 Å². The van der Waals surface area contributed by atoms with Crippen LogP contribution in [-0.2, 0) is 0 Å². The number of hydrogen-bond donors (Lipinski definition) is 1. The fourth-order valence-corrected chi connectivity index (χ4v) is 2.57. The van der Waals surface area contributed by atoms with Crippen molar-refractivity contribution in [2.75, 3.05) is 6.54 Å². The molecular weight excluding hydrogens is 232 g/mol. The zero-order valence-electron chi connectivity index (χ0n) is 12.4. The summed E-state index contributed by atoms with van der Waals surface area (Å²) in [5, 5.41) is 6.17. The molecule has 0 saturated heterocycles. The lowest BCUT2D eigenvalue weighted by Crippen LogP contribution is -2.29. The predicted octanol–water partition coefficient (Wildman–Crippen LogP) is 4.18. The minimum Gasteiger partial charge on any atom is -0.310 e. The zero-order chi connectivity index (χ0) is 13.8. The van der Waals surface area contributed by atoms with E-state index in [0.717, 1.165) is 6.54 Å². The molecule has 2 heteroatoms. The minimum absolute atomic E-state index is 0.364. The van der Waals surface area contributed by atoms with Crippen LogP contribution in [0.25, 0.3) is 10.8 Å². The van der Waals surface area contributed by atoms with E-state index in [9.17, 15) is 0 Å². The van der Waals surface area contributed by atoms with Crippen LogP contribution in [0, 0.1) is 11.8 Å². The number of hydrogen-bond acceptors (Lipinski definition) is 2. The maximum atomic E-state index is 4.42. The van der Waals surface area contributed by atoms with Crippen molar-refractivity contribution in [1.29, 1.82) is 0 Å². The number of nitrogens with zero attached hydrogens (tertiary/aromatic N) is 1. The summed E-state index contributed by atoms with van der Waals surface area (Å²) in [7, 11) is 0. The van der Waals surface area contributed by atoms with Crippen LogP contribution < -0.4 is 5.32 Å². The average Bonchev–Trinajstić information content (AvgIpc) is 2.43. The first kappa shape index (κ1) is 14.0. The van der Waals surface area contributed by atoms with Gasteiger partial charge in [-0.05, 0) is 29.3 Å². The molecule has 0 bridgehead atoms. The molecule has 2 nitrogen and oxygen atoms in total. The van der Waals surface area contributed by atoms with Gasteiger partial charge in [0.2, 0.25) is 0 Å². The molecule has 0 fully saturated rings. The maximum Gasteiger partial charge on any atom is 0.0369 e. The Bertz CT molecular complexity index is 528. The molecule has 0 saturated carbocycles. The number of nitrogens with one attached hydrogen (secondary N) is 1. The summed E-state index contributed by atoms with van der Waals surface area (Å²) >= 11 is 0. The van der Waals surface area contributed by atoms with Crippen LogP contribution in [0.2, 0.25) is 0 Å². The Morgan fingerprint density at radius 3 is 2.53 bits per heavy atom. The van der Waals surface area contributed by atoms with Crippen LogP contribution >= 0.6 is 0 Å². The number of benzene rings is 1. The smallest absolute Gasteiger partial charge is 0.0369 e. The molecule has 0 spiro atoms. The third-order valence-corrected chi connectivity index (χ3v) is 4.04. The number of aromatic nitrogens is 1. The summed E-state index contributed by atoms with van der Waals surface area (Å²) in [6.45, 7) is 10.0. The van der Waals surface area contributed by atoms with Gasteiger partial charge in [0, 0.05) is 23.8 Å². The van der Waals surface area contributed by atoms with Gasteiger partial charge >= 0.3 is 0 Å². The van der Waals surface area contributed by atoms with Crippen LogP contribution in [0.15, 0.2) is 36.7 Å². The van der Waals surface area contributed by atoms with E-state index in [1.807, 2.05) is 12.4 Å². The highest BCUT2D eigenvalue weighted by molar-refractivity contribution is 5.85. The van der Waals surface area contributed by atoms with Crippen LogP contribution in [0.1, 0.15) is 39.3 Å². The summed E-state index contributed by atoms with van der Waals surface area (Å²) in [5.74, 6) is 1.22. The molecule has 2 unspecified atom stereocenters. The largest absolute Gasteiger partial charge is 0.310 e. The second kappa shape index (κ2) is 6.16. The summed E-state index contributed by atoms with van der Waals surface area (Å²) in [4.78, 5) is 4.42. The quantitative estimate of drug-likeness (QED) is 0.868. The maximum absolute atomic E-state index is 4.42. The van der Waals surface area contributed by atoms with E-state index >= 15 is 0 Å². The van der Waals surface area contributed by atoms with Crippen molar-refractivity contribution in [2.24, 2.45) is 11.8 Å². The number of pyridine rings is 1. The highest BCUT2D eigenvalue weighted by Crippen LogP contribution is 2.31. The lowest BCUT2D eigenvalue weighted by molar-refractivity contribution is 0.308. The molecule has 0 amide bonds. The second-order valence-electron chi connectivity index (χ2n) is 5.59. The molecule has 2 atom stereocenters. The highest BCUT2D eigenvalue weighted by atomic mass is 14.9. The van der Waals surface area contributed by atoms with Gasteiger partial charge in [-0.15, -0.1) is 0 Å². The zero-order valence-corrected chi connectivity index (χ0v) is 12.4. The van der Waals surface area contributed by atoms with Crippen LogP contribution in [-0.4, -0.2) is 11.5 Å². The van der Waals surface area contributed by atoms with Crippen molar-refractivity contribution in [1.82, 2.24) is 10.3 Å². The van der Waals surface area contributed by atoms with E-state index in [4.69, 9.17) is 0 Å². The van der Waals surface area contributed by atoms with Crippen LogP contribution in [0.3, 0.4) is 0 Å². The van der Waals surface area contributed by atoms with E-state index < -0.39 is 0 Å². The van der Waals surface area contributed by atoms with Gasteiger partial charge in [-0.3, -0.25) is 4.98 Å². The summed E-state index contributed by atoms with van der Waals surface area (Å²) in [5.41, 5.74) is 1.32. The van der Waals surface area contributed by atoms with Gasteiger partial charge in [0.25, 0.3) is 0 Å². The third-order valence-electron chi connectivity index (χ3n) is 4.04. The molecule has 1 aromatic heterocycles. The van der Waals surface area contributed by atoms with Crippen molar-refractivity contribution >= 4 is 10.8 Å². The van der Waals surface area contributed by atoms with Crippen molar-refractivity contribution in [3.8, 4) is 0 Å². The first-order valence-corrected chi connectivity index (χ1v) is 7.21. The predicted molar refractivity (Wildman–Crippen MR) is 82.2 cm³/mol. The van der Waals surface area contributed by atoms with Gasteiger partial charge in [0.15, 0.2) is 0 Å². The topological polar surface area (TPSA) is 24.9 Å². The molecule has 102 valence electrons. The highest BCUT2D eigenvalue weighted by Gasteiger charge is 2.22. The van der Waals surface area contributed by atoms with Crippen molar-refractivity contribution < 1.29 is 0 Å². The standard InChI is InChI=1S/C17H24N2/c1-5-19-17(13(4)12(2)3)16-11-18-10-14-8-6-7-9-15(14)16/h6-13,17,19H,5H2,1-4H3. The molecule has 1 heterocycles. The Kier molecular flexibility index (Phi) is 4.54. The molecular formula is C17H24N2. The molecule has 1 aromatic carbocycles. The molecule has 0 aliphatic carbocycles. The van der Waals surface area contributed by atoms with Gasteiger partial charge in [0.1, 0.15) is 0 Å². The number of rotatable bonds is 5. The SMILES string of the molecule is CCNC(c1cncc2ccccc12)C(C)C(C)C. The second-order valence-corrected chi connectivity index (χ2v) is 5.59. The Morgan fingerprint density at radius 1 is 1.11 bits per heavy atom. The summed E-state index contributed by atoms with van der Waals surface area (Å²) in [6.07, 6.45) is 3.97. The first-order valence-electron chi connectivity index (χ1n) is 7.21. The lowest BCUT2D eigenvalue weighted by Gasteiger charge is -2.28. The first-order chi connectivity index (χ1) is 9.15. The lowest BCUT2D eigenvalue weighted by atomic mass is 9.85. The fraction of sp³-hybridized carbons (Fsp3) is 0.471. The van der Waals surface area contributed by atoms with Gasteiger partial charge < -0.3 is 5.32 Å². The van der Waals surface area contributed by atoms with Crippen LogP contribution in [0.5, 0.6) is 0 Å². The van der Waals surface area contributed by atoms with E-state index in [1.165, 1.54) is 16.3 Å². The Hall–Kier alpha value is -1.41. The average molecular weight is 256 g/mol. The minimum atomic E-state index is 0.364. The van der Waals surface area contributed by atoms with Gasteiger partial charge in [-0.1, -0.05) is 52.0 Å². The van der Waals surface area contributed by atoms with Gasteiger partial charge in [-0.2, -0.15) is 0 Å². The fourth-order valence-electron chi connectivity index (χ4n) is 2.57. The van der Waals surface area contributed by atoms with E-state index in [0.29, 0.717) is 17.9 Å². The monoisotopic (exact) mass is 256 g/mol. The molecule has 2 rings (SSSR count). The molecule has 19 heavy (non-hydrogen) atoms.